The number of carbonyl (C=O) groups is 4. The summed E-state index contributed by atoms with van der Waals surface area (Å²) < 4.78 is 68.4. The summed E-state index contributed by atoms with van der Waals surface area (Å²) in [5, 5.41) is 10.6. The van der Waals surface area contributed by atoms with E-state index in [-0.39, 0.29) is 25.7 Å². The molecule has 0 aromatic heterocycles. The van der Waals surface area contributed by atoms with E-state index in [4.69, 9.17) is 37.0 Å². The van der Waals surface area contributed by atoms with Crippen LogP contribution in [0.5, 0.6) is 0 Å². The fraction of sp³-hybridized carbons (Fsp3) is 0.945. The molecule has 0 fully saturated rings. The monoisotopic (exact) mass is 1350 g/mol. The SMILES string of the molecule is CCCCCCCCCCCC(=O)OC[C@H](COP(=O)(O)OC[C@H](O)COP(=O)(O)OC[C@@H](COC(=O)CCCCCCCCCCCCCC(C)C)OC(=O)CCCCCCCCCCCCCCCCCC(C)C)OC(=O)CCCCCCCCCCC(C)C. The molecule has 0 saturated carbocycles. The Balaban J connectivity index is 5.23. The highest BCUT2D eigenvalue weighted by atomic mass is 31.2. The van der Waals surface area contributed by atoms with Gasteiger partial charge in [0.15, 0.2) is 12.2 Å². The minimum absolute atomic E-state index is 0.104. The number of aliphatic hydroxyl groups excluding tert-OH is 1. The van der Waals surface area contributed by atoms with Crippen LogP contribution in [-0.2, 0) is 65.4 Å². The van der Waals surface area contributed by atoms with E-state index in [0.29, 0.717) is 25.7 Å². The first kappa shape index (κ1) is 90.1. The molecule has 546 valence electrons. The second-order valence-corrected chi connectivity index (χ2v) is 30.7. The lowest BCUT2D eigenvalue weighted by molar-refractivity contribution is -0.161. The zero-order chi connectivity index (χ0) is 68.0. The van der Waals surface area contributed by atoms with Crippen LogP contribution in [0.2, 0.25) is 0 Å². The first-order valence-corrected chi connectivity index (χ1v) is 40.8. The third kappa shape index (κ3) is 66.7. The maximum atomic E-state index is 13.1. The molecule has 0 amide bonds. The largest absolute Gasteiger partial charge is 0.472 e. The van der Waals surface area contributed by atoms with Crippen LogP contribution in [0.4, 0.5) is 0 Å². The van der Waals surface area contributed by atoms with E-state index in [1.165, 1.54) is 180 Å². The Hall–Kier alpha value is -1.94. The average Bonchev–Trinajstić information content (AvgIpc) is 2.51. The molecule has 0 heterocycles. The van der Waals surface area contributed by atoms with Crippen molar-refractivity contribution in [2.45, 2.75) is 388 Å². The van der Waals surface area contributed by atoms with Gasteiger partial charge in [0.05, 0.1) is 26.4 Å². The van der Waals surface area contributed by atoms with Crippen molar-refractivity contribution >= 4 is 39.5 Å². The summed E-state index contributed by atoms with van der Waals surface area (Å²) in [6.07, 6.45) is 48.6. The Labute approximate surface area is 562 Å². The fourth-order valence-electron chi connectivity index (χ4n) is 11.1. The van der Waals surface area contributed by atoms with Gasteiger partial charge < -0.3 is 33.8 Å². The second kappa shape index (κ2) is 63.8. The molecule has 0 rings (SSSR count). The highest BCUT2D eigenvalue weighted by Gasteiger charge is 2.30. The molecule has 3 N–H and O–H groups in total. The van der Waals surface area contributed by atoms with Gasteiger partial charge in [0.25, 0.3) is 0 Å². The van der Waals surface area contributed by atoms with Gasteiger partial charge in [-0.25, -0.2) is 9.13 Å². The molecule has 0 aliphatic carbocycles. The molecule has 17 nitrogen and oxygen atoms in total. The molecular weight excluding hydrogens is 1210 g/mol. The van der Waals surface area contributed by atoms with E-state index in [9.17, 15) is 43.2 Å². The second-order valence-electron chi connectivity index (χ2n) is 27.8. The minimum atomic E-state index is -4.95. The molecule has 0 saturated heterocycles. The van der Waals surface area contributed by atoms with Crippen molar-refractivity contribution in [1.82, 2.24) is 0 Å². The molecule has 5 atom stereocenters. The lowest BCUT2D eigenvalue weighted by atomic mass is 10.0. The van der Waals surface area contributed by atoms with Crippen molar-refractivity contribution in [3.63, 3.8) is 0 Å². The average molecular weight is 1350 g/mol. The first-order chi connectivity index (χ1) is 44.2. The van der Waals surface area contributed by atoms with Crippen LogP contribution in [0.1, 0.15) is 370 Å². The zero-order valence-electron chi connectivity index (χ0n) is 60.0. The number of rotatable bonds is 71. The van der Waals surface area contributed by atoms with Crippen molar-refractivity contribution in [3.8, 4) is 0 Å². The van der Waals surface area contributed by atoms with Crippen LogP contribution in [0.25, 0.3) is 0 Å². The van der Waals surface area contributed by atoms with Gasteiger partial charge in [0, 0.05) is 25.7 Å². The number of unbranched alkanes of at least 4 members (excludes halogenated alkanes) is 39. The summed E-state index contributed by atoms with van der Waals surface area (Å²) >= 11 is 0. The number of carbonyl (C=O) groups excluding carboxylic acids is 4. The van der Waals surface area contributed by atoms with Crippen molar-refractivity contribution in [2.75, 3.05) is 39.6 Å². The summed E-state index contributed by atoms with van der Waals surface area (Å²) in [5.41, 5.74) is 0. The summed E-state index contributed by atoms with van der Waals surface area (Å²) in [6, 6.07) is 0. The Morgan fingerprint density at radius 1 is 0.293 bits per heavy atom. The number of esters is 4. The van der Waals surface area contributed by atoms with Gasteiger partial charge in [0.2, 0.25) is 0 Å². The van der Waals surface area contributed by atoms with Gasteiger partial charge in [-0.3, -0.25) is 37.3 Å². The number of hydrogen-bond donors (Lipinski definition) is 3. The Morgan fingerprint density at radius 3 is 0.739 bits per heavy atom. The van der Waals surface area contributed by atoms with Crippen LogP contribution in [0.15, 0.2) is 0 Å². The Morgan fingerprint density at radius 2 is 0.500 bits per heavy atom. The molecule has 0 aliphatic heterocycles. The normalized spacial score (nSPS) is 14.1. The summed E-state index contributed by atoms with van der Waals surface area (Å²) in [4.78, 5) is 72.6. The first-order valence-electron chi connectivity index (χ1n) is 37.8. The Kier molecular flexibility index (Phi) is 62.4. The molecule has 0 radical (unpaired) electrons. The third-order valence-corrected chi connectivity index (χ3v) is 18.8. The number of aliphatic hydroxyl groups is 1. The molecule has 92 heavy (non-hydrogen) atoms. The van der Waals surface area contributed by atoms with Crippen molar-refractivity contribution in [2.24, 2.45) is 17.8 Å². The van der Waals surface area contributed by atoms with Gasteiger partial charge >= 0.3 is 39.5 Å². The fourth-order valence-corrected chi connectivity index (χ4v) is 12.7. The predicted molar refractivity (Wildman–Crippen MR) is 372 cm³/mol. The third-order valence-electron chi connectivity index (χ3n) is 16.9. The summed E-state index contributed by atoms with van der Waals surface area (Å²) in [5.74, 6) is 0.168. The molecule has 0 bridgehead atoms. The van der Waals surface area contributed by atoms with Crippen molar-refractivity contribution in [3.05, 3.63) is 0 Å². The maximum absolute atomic E-state index is 13.1. The van der Waals surface area contributed by atoms with Gasteiger partial charge in [-0.1, -0.05) is 318 Å². The highest BCUT2D eigenvalue weighted by molar-refractivity contribution is 7.47. The lowest BCUT2D eigenvalue weighted by Gasteiger charge is -2.21. The summed E-state index contributed by atoms with van der Waals surface area (Å²) in [7, 11) is -9.90. The van der Waals surface area contributed by atoms with Gasteiger partial charge in [-0.2, -0.15) is 0 Å². The van der Waals surface area contributed by atoms with E-state index < -0.39 is 97.5 Å². The summed E-state index contributed by atoms with van der Waals surface area (Å²) in [6.45, 7) is 11.8. The molecule has 19 heteroatoms. The minimum Gasteiger partial charge on any atom is -0.462 e. The van der Waals surface area contributed by atoms with Crippen LogP contribution < -0.4 is 0 Å². The van der Waals surface area contributed by atoms with E-state index >= 15 is 0 Å². The lowest BCUT2D eigenvalue weighted by Crippen LogP contribution is -2.30. The number of phosphoric acid groups is 2. The molecular formula is C73H142O17P2. The van der Waals surface area contributed by atoms with Gasteiger partial charge in [-0.05, 0) is 43.4 Å². The smallest absolute Gasteiger partial charge is 0.462 e. The van der Waals surface area contributed by atoms with E-state index in [2.05, 4.69) is 48.5 Å². The molecule has 0 aromatic carbocycles. The topological polar surface area (TPSA) is 237 Å². The quantitative estimate of drug-likeness (QED) is 0.0222. The van der Waals surface area contributed by atoms with Crippen molar-refractivity contribution < 1.29 is 80.2 Å². The van der Waals surface area contributed by atoms with Crippen LogP contribution in [-0.4, -0.2) is 96.7 Å². The number of ether oxygens (including phenoxy) is 4. The molecule has 0 aliphatic rings. The van der Waals surface area contributed by atoms with Gasteiger partial charge in [-0.15, -0.1) is 0 Å². The van der Waals surface area contributed by atoms with Crippen LogP contribution in [0, 0.1) is 17.8 Å². The standard InChI is InChI=1S/C73H142O17P2/c1-8-9-10-11-12-23-33-40-47-54-70(75)83-60-69(90-73(78)57-50-43-36-29-28-32-39-46-53-66(6)7)63-88-92(81,82)86-59-67(74)58-85-91(79,80)87-62-68(61-84-71(76)55-48-41-34-26-22-18-20-25-31-38-45-52-65(4)5)89-72(77)56-49-42-35-27-21-17-15-13-14-16-19-24-30-37-44-51-64(2)3/h64-69,74H,8-63H2,1-7H3,(H,79,80)(H,81,82)/t67-,68-,69-/m1/s1. The van der Waals surface area contributed by atoms with Crippen LogP contribution in [0.3, 0.4) is 0 Å². The van der Waals surface area contributed by atoms with Crippen LogP contribution >= 0.6 is 15.6 Å². The predicted octanol–water partition coefficient (Wildman–Crippen LogP) is 21.0. The highest BCUT2D eigenvalue weighted by Crippen LogP contribution is 2.45. The number of phosphoric ester groups is 2. The maximum Gasteiger partial charge on any atom is 0.472 e. The van der Waals surface area contributed by atoms with Gasteiger partial charge in [0.1, 0.15) is 19.3 Å². The van der Waals surface area contributed by atoms with E-state index in [0.717, 1.165) is 108 Å². The van der Waals surface area contributed by atoms with E-state index in [1.807, 2.05) is 0 Å². The Bertz CT molecular complexity index is 1800. The molecule has 0 aromatic rings. The number of hydrogen-bond acceptors (Lipinski definition) is 15. The van der Waals surface area contributed by atoms with Crippen molar-refractivity contribution in [1.29, 1.82) is 0 Å². The zero-order valence-corrected chi connectivity index (χ0v) is 61.8. The molecule has 0 spiro atoms. The molecule has 2 unspecified atom stereocenters. The van der Waals surface area contributed by atoms with E-state index in [1.54, 1.807) is 0 Å².